The van der Waals surface area contributed by atoms with Crippen molar-refractivity contribution in [3.63, 3.8) is 0 Å². The molecule has 12 heavy (non-hydrogen) atoms. The molecule has 0 aromatic heterocycles. The van der Waals surface area contributed by atoms with Gasteiger partial charge in [-0.1, -0.05) is 6.92 Å². The van der Waals surface area contributed by atoms with Crippen LogP contribution in [0.3, 0.4) is 0 Å². The lowest BCUT2D eigenvalue weighted by atomic mass is 9.78. The van der Waals surface area contributed by atoms with Crippen LogP contribution < -0.4 is 0 Å². The molecule has 0 aromatic carbocycles. The van der Waals surface area contributed by atoms with Gasteiger partial charge in [0, 0.05) is 18.3 Å². The van der Waals surface area contributed by atoms with E-state index in [9.17, 15) is 0 Å². The van der Waals surface area contributed by atoms with Gasteiger partial charge in [0.1, 0.15) is 10.00 Å². The maximum absolute atomic E-state index is 2.51. The van der Waals surface area contributed by atoms with Crippen LogP contribution in [0.15, 0.2) is 0 Å². The number of rotatable bonds is 0. The molecular weight excluding hydrogens is 164 g/mol. The Kier molecular flexibility index (Phi) is 1.98. The zero-order valence-electron chi connectivity index (χ0n) is 8.76. The average molecular weight is 185 g/mol. The summed E-state index contributed by atoms with van der Waals surface area (Å²) in [6, 6.07) is 0. The first kappa shape index (κ1) is 8.93. The molecule has 0 nitrogen and oxygen atoms in total. The molecule has 1 aliphatic carbocycles. The minimum atomic E-state index is 0.662. The zero-order valence-corrected chi connectivity index (χ0v) is 9.58. The van der Waals surface area contributed by atoms with E-state index in [2.05, 4.69) is 27.0 Å². The van der Waals surface area contributed by atoms with Gasteiger partial charge in [0.25, 0.3) is 0 Å². The molecule has 0 N–H and O–H groups in total. The van der Waals surface area contributed by atoms with Gasteiger partial charge in [0.15, 0.2) is 0 Å². The van der Waals surface area contributed by atoms with Crippen molar-refractivity contribution in [3.05, 3.63) is 0 Å². The summed E-state index contributed by atoms with van der Waals surface area (Å²) in [5.74, 6) is 2.06. The summed E-state index contributed by atoms with van der Waals surface area (Å²) in [5, 5.41) is 1.07. The maximum Gasteiger partial charge on any atom is 0.125 e. The van der Waals surface area contributed by atoms with Crippen molar-refractivity contribution in [1.82, 2.24) is 0 Å². The van der Waals surface area contributed by atoms with E-state index in [0.29, 0.717) is 15.6 Å². The SMILES string of the molecule is CC1CCC2C[C@H]1[S+](C)C2(C)C. The van der Waals surface area contributed by atoms with Gasteiger partial charge in [0.05, 0.1) is 6.26 Å². The predicted molar refractivity (Wildman–Crippen MR) is 57.7 cm³/mol. The topological polar surface area (TPSA) is 0 Å². The summed E-state index contributed by atoms with van der Waals surface area (Å²) in [6.07, 6.45) is 7.04. The first-order valence-electron chi connectivity index (χ1n) is 5.18. The van der Waals surface area contributed by atoms with Gasteiger partial charge >= 0.3 is 0 Å². The van der Waals surface area contributed by atoms with Gasteiger partial charge in [0.2, 0.25) is 0 Å². The average Bonchev–Trinajstić information content (AvgIpc) is 2.20. The Morgan fingerprint density at radius 2 is 1.92 bits per heavy atom. The molecule has 4 atom stereocenters. The fraction of sp³-hybridized carbons (Fsp3) is 1.00. The zero-order chi connectivity index (χ0) is 8.93. The lowest BCUT2D eigenvalue weighted by molar-refractivity contribution is 0.290. The van der Waals surface area contributed by atoms with Crippen molar-refractivity contribution in [2.24, 2.45) is 11.8 Å². The Balaban J connectivity index is 2.25. The van der Waals surface area contributed by atoms with Crippen LogP contribution in [0.25, 0.3) is 0 Å². The first-order chi connectivity index (χ1) is 5.53. The Hall–Kier alpha value is 0.350. The second kappa shape index (κ2) is 2.67. The fourth-order valence-corrected chi connectivity index (χ4v) is 5.93. The van der Waals surface area contributed by atoms with Crippen molar-refractivity contribution < 1.29 is 0 Å². The van der Waals surface area contributed by atoms with Gasteiger partial charge in [-0.05, 0) is 37.6 Å². The Morgan fingerprint density at radius 3 is 2.50 bits per heavy atom. The van der Waals surface area contributed by atoms with Crippen LogP contribution in [0.5, 0.6) is 0 Å². The third-order valence-electron chi connectivity index (χ3n) is 4.39. The quantitative estimate of drug-likeness (QED) is 0.509. The van der Waals surface area contributed by atoms with Crippen LogP contribution in [0.4, 0.5) is 0 Å². The van der Waals surface area contributed by atoms with E-state index in [1.54, 1.807) is 0 Å². The summed E-state index contributed by atoms with van der Waals surface area (Å²) >= 11 is 0. The third kappa shape index (κ3) is 1.05. The van der Waals surface area contributed by atoms with Crippen molar-refractivity contribution in [2.75, 3.05) is 6.26 Å². The van der Waals surface area contributed by atoms with Crippen LogP contribution in [-0.2, 0) is 10.9 Å². The van der Waals surface area contributed by atoms with Gasteiger partial charge in [-0.15, -0.1) is 0 Å². The highest BCUT2D eigenvalue weighted by Crippen LogP contribution is 2.51. The molecule has 2 rings (SSSR count). The molecule has 1 heterocycles. The van der Waals surface area contributed by atoms with E-state index in [1.807, 2.05) is 0 Å². The summed E-state index contributed by atoms with van der Waals surface area (Å²) in [4.78, 5) is 0. The van der Waals surface area contributed by atoms with Crippen LogP contribution in [-0.4, -0.2) is 16.3 Å². The molecule has 1 saturated carbocycles. The van der Waals surface area contributed by atoms with E-state index in [1.165, 1.54) is 19.3 Å². The van der Waals surface area contributed by atoms with Gasteiger partial charge in [-0.3, -0.25) is 0 Å². The number of hydrogen-bond donors (Lipinski definition) is 0. The van der Waals surface area contributed by atoms with Crippen LogP contribution in [0, 0.1) is 11.8 Å². The molecule has 70 valence electrons. The van der Waals surface area contributed by atoms with Crippen LogP contribution in [0.2, 0.25) is 0 Å². The minimum absolute atomic E-state index is 0.662. The van der Waals surface area contributed by atoms with E-state index in [0.717, 1.165) is 17.1 Å². The Labute approximate surface area is 79.5 Å². The lowest BCUT2D eigenvalue weighted by Crippen LogP contribution is -2.33. The van der Waals surface area contributed by atoms with Crippen molar-refractivity contribution >= 4 is 10.9 Å². The summed E-state index contributed by atoms with van der Waals surface area (Å²) in [5.41, 5.74) is 0. The summed E-state index contributed by atoms with van der Waals surface area (Å²) < 4.78 is 0.662. The van der Waals surface area contributed by atoms with Crippen molar-refractivity contribution in [2.45, 2.75) is 50.0 Å². The minimum Gasteiger partial charge on any atom is -0.0577 e. The molecule has 0 aromatic rings. The summed E-state index contributed by atoms with van der Waals surface area (Å²) in [6.45, 7) is 7.46. The second-order valence-corrected chi connectivity index (χ2v) is 7.96. The highest BCUT2D eigenvalue weighted by Gasteiger charge is 2.58. The van der Waals surface area contributed by atoms with Crippen LogP contribution >= 0.6 is 0 Å². The van der Waals surface area contributed by atoms with Gasteiger partial charge in [-0.25, -0.2) is 0 Å². The fourth-order valence-electron chi connectivity index (χ4n) is 3.06. The molecule has 1 aliphatic heterocycles. The Bertz CT molecular complexity index is 185. The maximum atomic E-state index is 2.51. The molecule has 2 fully saturated rings. The van der Waals surface area contributed by atoms with E-state index >= 15 is 0 Å². The third-order valence-corrected chi connectivity index (χ3v) is 7.95. The molecule has 0 amide bonds. The standard InChI is InChI=1S/C11H21S/c1-8-5-6-9-7-10(8)12(4)11(9,2)3/h8-10H,5-7H2,1-4H3/q+1/t8?,9?,10-,12?/m1/s1. The molecule has 2 aliphatic rings. The van der Waals surface area contributed by atoms with Gasteiger partial charge < -0.3 is 0 Å². The second-order valence-electron chi connectivity index (χ2n) is 5.19. The predicted octanol–water partition coefficient (Wildman–Crippen LogP) is 2.83. The first-order valence-corrected chi connectivity index (χ1v) is 6.88. The van der Waals surface area contributed by atoms with E-state index in [-0.39, 0.29) is 0 Å². The smallest absolute Gasteiger partial charge is 0.0577 e. The molecule has 3 unspecified atom stereocenters. The molecule has 1 saturated heterocycles. The monoisotopic (exact) mass is 185 g/mol. The van der Waals surface area contributed by atoms with Crippen molar-refractivity contribution in [1.29, 1.82) is 0 Å². The number of fused-ring (bicyclic) bond motifs is 2. The highest BCUT2D eigenvalue weighted by atomic mass is 32.2. The largest absolute Gasteiger partial charge is 0.125 e. The number of hydrogen-bond acceptors (Lipinski definition) is 0. The molecule has 1 heteroatoms. The van der Waals surface area contributed by atoms with Gasteiger partial charge in [-0.2, -0.15) is 0 Å². The summed E-state index contributed by atoms with van der Waals surface area (Å²) in [7, 11) is 0.681. The molecule has 0 spiro atoms. The highest BCUT2D eigenvalue weighted by molar-refractivity contribution is 7.98. The normalized spacial score (nSPS) is 51.0. The Morgan fingerprint density at radius 1 is 1.25 bits per heavy atom. The van der Waals surface area contributed by atoms with E-state index < -0.39 is 0 Å². The molecular formula is C11H21S+. The molecule has 2 bridgehead atoms. The lowest BCUT2D eigenvalue weighted by Gasteiger charge is -2.22. The van der Waals surface area contributed by atoms with Crippen molar-refractivity contribution in [3.8, 4) is 0 Å². The molecule has 0 radical (unpaired) electrons. The van der Waals surface area contributed by atoms with Crippen LogP contribution in [0.1, 0.15) is 40.0 Å². The van der Waals surface area contributed by atoms with E-state index in [4.69, 9.17) is 0 Å².